The number of aliphatic imine (C=N–C) groups is 1. The zero-order valence-electron chi connectivity index (χ0n) is 14.0. The lowest BCUT2D eigenvalue weighted by atomic mass is 9.51. The van der Waals surface area contributed by atoms with Crippen LogP contribution in [0.3, 0.4) is 0 Å². The number of nitrogens with zero attached hydrogens (tertiary/aromatic N) is 1. The smallest absolute Gasteiger partial charge is 0.191 e. The lowest BCUT2D eigenvalue weighted by Gasteiger charge is -2.61. The Bertz CT molecular complexity index is 414. The summed E-state index contributed by atoms with van der Waals surface area (Å²) in [5, 5.41) is 17.4. The van der Waals surface area contributed by atoms with Crippen molar-refractivity contribution in [2.45, 2.75) is 76.0 Å². The third-order valence-corrected chi connectivity index (χ3v) is 6.09. The van der Waals surface area contributed by atoms with Gasteiger partial charge in [0, 0.05) is 31.7 Å². The summed E-state index contributed by atoms with van der Waals surface area (Å²) in [6.45, 7) is 3.48. The average molecular weight is 309 g/mol. The number of ether oxygens (including phenoxy) is 1. The van der Waals surface area contributed by atoms with Crippen molar-refractivity contribution in [3.8, 4) is 0 Å². The summed E-state index contributed by atoms with van der Waals surface area (Å²) < 4.78 is 5.90. The first-order chi connectivity index (χ1) is 10.6. The van der Waals surface area contributed by atoms with Crippen LogP contribution in [-0.2, 0) is 4.74 Å². The van der Waals surface area contributed by atoms with E-state index in [0.29, 0.717) is 24.1 Å². The second-order valence-electron chi connectivity index (χ2n) is 7.32. The molecule has 3 rings (SSSR count). The molecule has 3 aliphatic rings. The summed E-state index contributed by atoms with van der Waals surface area (Å²) in [6.07, 6.45) is 9.38. The molecule has 0 amide bonds. The second-order valence-corrected chi connectivity index (χ2v) is 7.32. The quantitative estimate of drug-likeness (QED) is 0.535. The maximum absolute atomic E-state index is 10.4. The molecule has 5 nitrogen and oxygen atoms in total. The van der Waals surface area contributed by atoms with E-state index in [1.807, 2.05) is 0 Å². The standard InChI is InChI=1S/C17H31N3O2/c1-3-22-14-11-13(17(14)9-6-10-17)20-15(18-2)19-12-16(21)7-4-5-8-16/h13-14,21H,3-12H2,1-2H3,(H2,18,19,20). The Morgan fingerprint density at radius 3 is 2.50 bits per heavy atom. The molecule has 2 unspecified atom stereocenters. The van der Waals surface area contributed by atoms with E-state index in [2.05, 4.69) is 22.5 Å². The Kier molecular flexibility index (Phi) is 4.64. The van der Waals surface area contributed by atoms with Gasteiger partial charge in [-0.05, 0) is 39.0 Å². The normalized spacial score (nSPS) is 32.4. The molecule has 3 N–H and O–H groups in total. The van der Waals surface area contributed by atoms with Crippen molar-refractivity contribution >= 4 is 5.96 Å². The van der Waals surface area contributed by atoms with Crippen LogP contribution in [0.2, 0.25) is 0 Å². The van der Waals surface area contributed by atoms with Crippen LogP contribution in [-0.4, -0.2) is 49.0 Å². The van der Waals surface area contributed by atoms with Crippen molar-refractivity contribution in [3.63, 3.8) is 0 Å². The second kappa shape index (κ2) is 6.36. The molecule has 22 heavy (non-hydrogen) atoms. The highest BCUT2D eigenvalue weighted by molar-refractivity contribution is 5.80. The highest BCUT2D eigenvalue weighted by Gasteiger charge is 2.59. The third-order valence-electron chi connectivity index (χ3n) is 6.09. The summed E-state index contributed by atoms with van der Waals surface area (Å²) in [6, 6.07) is 0.460. The fourth-order valence-corrected chi connectivity index (χ4v) is 4.46. The minimum atomic E-state index is -0.542. The number of hydrogen-bond acceptors (Lipinski definition) is 3. The van der Waals surface area contributed by atoms with Gasteiger partial charge in [-0.15, -0.1) is 0 Å². The van der Waals surface area contributed by atoms with Crippen LogP contribution in [0.15, 0.2) is 4.99 Å². The van der Waals surface area contributed by atoms with E-state index in [0.717, 1.165) is 44.7 Å². The molecule has 0 heterocycles. The Balaban J connectivity index is 1.51. The van der Waals surface area contributed by atoms with Gasteiger partial charge in [-0.2, -0.15) is 0 Å². The highest BCUT2D eigenvalue weighted by atomic mass is 16.5. The molecule has 5 heteroatoms. The molecule has 0 radical (unpaired) electrons. The van der Waals surface area contributed by atoms with E-state index in [-0.39, 0.29) is 0 Å². The molecular weight excluding hydrogens is 278 g/mol. The van der Waals surface area contributed by atoms with Crippen LogP contribution >= 0.6 is 0 Å². The molecule has 0 saturated heterocycles. The maximum atomic E-state index is 10.4. The number of hydrogen-bond donors (Lipinski definition) is 3. The number of aliphatic hydroxyl groups is 1. The molecule has 1 spiro atoms. The van der Waals surface area contributed by atoms with E-state index < -0.39 is 5.60 Å². The fourth-order valence-electron chi connectivity index (χ4n) is 4.46. The molecule has 0 aromatic rings. The summed E-state index contributed by atoms with van der Waals surface area (Å²) in [4.78, 5) is 4.34. The molecule has 3 saturated carbocycles. The zero-order valence-corrected chi connectivity index (χ0v) is 14.0. The average Bonchev–Trinajstić information content (AvgIpc) is 2.86. The van der Waals surface area contributed by atoms with Crippen LogP contribution in [0.25, 0.3) is 0 Å². The van der Waals surface area contributed by atoms with Crippen molar-refractivity contribution in [2.75, 3.05) is 20.2 Å². The topological polar surface area (TPSA) is 65.9 Å². The number of guanidine groups is 1. The summed E-state index contributed by atoms with van der Waals surface area (Å²) in [5.74, 6) is 0.826. The fraction of sp³-hybridized carbons (Fsp3) is 0.941. The Morgan fingerprint density at radius 2 is 1.95 bits per heavy atom. The van der Waals surface area contributed by atoms with Crippen LogP contribution < -0.4 is 10.6 Å². The monoisotopic (exact) mass is 309 g/mol. The predicted octanol–water partition coefficient (Wildman–Crippen LogP) is 1.80. The van der Waals surface area contributed by atoms with Crippen molar-refractivity contribution in [2.24, 2.45) is 10.4 Å². The SMILES string of the molecule is CCOC1CC(NC(=NC)NCC2(O)CCCC2)C12CCC2. The van der Waals surface area contributed by atoms with Crippen molar-refractivity contribution in [3.05, 3.63) is 0 Å². The molecule has 2 atom stereocenters. The summed E-state index contributed by atoms with van der Waals surface area (Å²) >= 11 is 0. The largest absolute Gasteiger partial charge is 0.388 e. The third kappa shape index (κ3) is 2.85. The molecule has 0 aliphatic heterocycles. The number of rotatable bonds is 5. The maximum Gasteiger partial charge on any atom is 0.191 e. The van der Waals surface area contributed by atoms with Gasteiger partial charge in [0.2, 0.25) is 0 Å². The van der Waals surface area contributed by atoms with Crippen LogP contribution in [0.1, 0.15) is 58.3 Å². The van der Waals surface area contributed by atoms with Crippen LogP contribution in [0.5, 0.6) is 0 Å². The van der Waals surface area contributed by atoms with Gasteiger partial charge in [0.05, 0.1) is 11.7 Å². The Morgan fingerprint density at radius 1 is 1.23 bits per heavy atom. The van der Waals surface area contributed by atoms with Gasteiger partial charge in [0.1, 0.15) is 0 Å². The van der Waals surface area contributed by atoms with Crippen LogP contribution in [0.4, 0.5) is 0 Å². The molecule has 3 aliphatic carbocycles. The lowest BCUT2D eigenvalue weighted by molar-refractivity contribution is -0.168. The first kappa shape index (κ1) is 16.1. The number of nitrogens with one attached hydrogen (secondary N) is 2. The minimum Gasteiger partial charge on any atom is -0.388 e. The predicted molar refractivity (Wildman–Crippen MR) is 88.0 cm³/mol. The lowest BCUT2D eigenvalue weighted by Crippen LogP contribution is -2.68. The zero-order chi connectivity index (χ0) is 15.6. The Hall–Kier alpha value is -0.810. The van der Waals surface area contributed by atoms with Crippen molar-refractivity contribution < 1.29 is 9.84 Å². The van der Waals surface area contributed by atoms with Gasteiger partial charge >= 0.3 is 0 Å². The van der Waals surface area contributed by atoms with E-state index >= 15 is 0 Å². The first-order valence-electron chi connectivity index (χ1n) is 8.93. The van der Waals surface area contributed by atoms with Crippen molar-refractivity contribution in [1.82, 2.24) is 10.6 Å². The van der Waals surface area contributed by atoms with Gasteiger partial charge in [-0.1, -0.05) is 19.3 Å². The van der Waals surface area contributed by atoms with Crippen molar-refractivity contribution in [1.29, 1.82) is 0 Å². The van der Waals surface area contributed by atoms with Gasteiger partial charge in [-0.25, -0.2) is 0 Å². The molecule has 3 fully saturated rings. The Labute approximate surface area is 133 Å². The van der Waals surface area contributed by atoms with Gasteiger partial charge in [0.15, 0.2) is 5.96 Å². The summed E-state index contributed by atoms with van der Waals surface area (Å²) in [5.41, 5.74) is -0.211. The molecule has 0 aromatic heterocycles. The minimum absolute atomic E-state index is 0.331. The van der Waals surface area contributed by atoms with Gasteiger partial charge in [-0.3, -0.25) is 4.99 Å². The van der Waals surface area contributed by atoms with Gasteiger partial charge in [0.25, 0.3) is 0 Å². The van der Waals surface area contributed by atoms with Crippen LogP contribution in [0, 0.1) is 5.41 Å². The van der Waals surface area contributed by atoms with Gasteiger partial charge < -0.3 is 20.5 Å². The van der Waals surface area contributed by atoms with E-state index in [1.165, 1.54) is 19.3 Å². The highest BCUT2D eigenvalue weighted by Crippen LogP contribution is 2.57. The molecule has 0 bridgehead atoms. The van der Waals surface area contributed by atoms with E-state index in [4.69, 9.17) is 4.74 Å². The molecular formula is C17H31N3O2. The van der Waals surface area contributed by atoms with E-state index in [9.17, 15) is 5.11 Å². The first-order valence-corrected chi connectivity index (χ1v) is 8.93. The van der Waals surface area contributed by atoms with E-state index in [1.54, 1.807) is 7.05 Å². The molecule has 126 valence electrons. The summed E-state index contributed by atoms with van der Waals surface area (Å²) in [7, 11) is 1.81. The molecule has 0 aromatic carbocycles.